The number of esters is 1. The second kappa shape index (κ2) is 13.1. The highest BCUT2D eigenvalue weighted by atomic mass is 79.9. The van der Waals surface area contributed by atoms with Crippen LogP contribution < -0.4 is 24.4 Å². The Bertz CT molecular complexity index is 1850. The number of allylic oxidation sites excluding steroid dienone is 1. The van der Waals surface area contributed by atoms with Gasteiger partial charge in [0.25, 0.3) is 5.56 Å². The van der Waals surface area contributed by atoms with Crippen LogP contribution >= 0.6 is 38.9 Å². The third kappa shape index (κ3) is 5.95. The predicted molar refractivity (Wildman–Crippen MR) is 168 cm³/mol. The summed E-state index contributed by atoms with van der Waals surface area (Å²) in [6.07, 6.45) is 2.31. The van der Waals surface area contributed by atoms with Crippen molar-refractivity contribution in [2.45, 2.75) is 32.9 Å². The average molecular weight is 668 g/mol. The van der Waals surface area contributed by atoms with E-state index in [2.05, 4.69) is 15.9 Å². The van der Waals surface area contributed by atoms with Gasteiger partial charge in [0.05, 0.1) is 40.0 Å². The molecule has 0 spiro atoms. The van der Waals surface area contributed by atoms with Gasteiger partial charge in [0.2, 0.25) is 0 Å². The summed E-state index contributed by atoms with van der Waals surface area (Å²) in [5.74, 6) is 0.563. The lowest BCUT2D eigenvalue weighted by Gasteiger charge is -2.25. The number of thiazole rings is 1. The molecule has 2 heterocycles. The van der Waals surface area contributed by atoms with E-state index in [0.717, 1.165) is 16.7 Å². The number of fused-ring (bicyclic) bond motifs is 1. The molecule has 0 bridgehead atoms. The van der Waals surface area contributed by atoms with Gasteiger partial charge in [-0.15, -0.1) is 0 Å². The van der Waals surface area contributed by atoms with Gasteiger partial charge in [0, 0.05) is 10.6 Å². The standard InChI is InChI=1S/C32H28BrClN2O5S/c1-4-24-27(31(38)39-3)28(20-11-7-6-8-12-20)36-30(37)26(42-32(36)35-24)17-19-15-22(33)29(25(16-19)40-5-2)41-18-21-13-9-10-14-23(21)34/h6-17,28H,4-5,18H2,1-3H3/b26-17+/t28-/m0/s1. The second-order valence-electron chi connectivity index (χ2n) is 9.34. The Morgan fingerprint density at radius 2 is 1.83 bits per heavy atom. The lowest BCUT2D eigenvalue weighted by molar-refractivity contribution is -0.136. The number of halogens is 2. The highest BCUT2D eigenvalue weighted by Crippen LogP contribution is 2.38. The molecule has 0 fully saturated rings. The normalized spacial score (nSPS) is 14.8. The van der Waals surface area contributed by atoms with Crippen molar-refractivity contribution in [3.63, 3.8) is 0 Å². The fourth-order valence-corrected chi connectivity index (χ4v) is 6.59. The molecule has 0 radical (unpaired) electrons. The van der Waals surface area contributed by atoms with E-state index in [4.69, 9.17) is 30.8 Å². The maximum absolute atomic E-state index is 13.9. The highest BCUT2D eigenvalue weighted by molar-refractivity contribution is 9.10. The van der Waals surface area contributed by atoms with Gasteiger partial charge in [-0.05, 0) is 64.7 Å². The van der Waals surface area contributed by atoms with Gasteiger partial charge in [-0.3, -0.25) is 9.36 Å². The summed E-state index contributed by atoms with van der Waals surface area (Å²) < 4.78 is 19.9. The van der Waals surface area contributed by atoms with Gasteiger partial charge in [-0.25, -0.2) is 9.79 Å². The van der Waals surface area contributed by atoms with Crippen molar-refractivity contribution in [2.75, 3.05) is 13.7 Å². The largest absolute Gasteiger partial charge is 0.490 e. The van der Waals surface area contributed by atoms with Crippen LogP contribution in [0.1, 0.15) is 43.0 Å². The van der Waals surface area contributed by atoms with Crippen molar-refractivity contribution < 1.29 is 19.0 Å². The topological polar surface area (TPSA) is 79.1 Å². The summed E-state index contributed by atoms with van der Waals surface area (Å²) in [6, 6.07) is 20.0. The minimum atomic E-state index is -0.654. The predicted octanol–water partition coefficient (Wildman–Crippen LogP) is 6.19. The number of hydrogen-bond acceptors (Lipinski definition) is 7. The van der Waals surface area contributed by atoms with E-state index in [-0.39, 0.29) is 12.2 Å². The van der Waals surface area contributed by atoms with Crippen LogP contribution in [-0.2, 0) is 16.1 Å². The fraction of sp³-hybridized carbons (Fsp3) is 0.219. The Labute approximate surface area is 260 Å². The maximum Gasteiger partial charge on any atom is 0.338 e. The zero-order valence-corrected chi connectivity index (χ0v) is 26.4. The van der Waals surface area contributed by atoms with E-state index >= 15 is 0 Å². The average Bonchev–Trinajstić information content (AvgIpc) is 3.30. The second-order valence-corrected chi connectivity index (χ2v) is 11.6. The van der Waals surface area contributed by atoms with Gasteiger partial charge >= 0.3 is 5.97 Å². The first-order chi connectivity index (χ1) is 20.4. The highest BCUT2D eigenvalue weighted by Gasteiger charge is 2.33. The van der Waals surface area contributed by atoms with E-state index in [1.54, 1.807) is 10.6 Å². The van der Waals surface area contributed by atoms with Crippen molar-refractivity contribution in [1.29, 1.82) is 0 Å². The van der Waals surface area contributed by atoms with Crippen LogP contribution in [0.4, 0.5) is 0 Å². The molecule has 7 nitrogen and oxygen atoms in total. The molecule has 0 amide bonds. The molecular weight excluding hydrogens is 640 g/mol. The van der Waals surface area contributed by atoms with Gasteiger partial charge in [0.15, 0.2) is 16.3 Å². The van der Waals surface area contributed by atoms with Crippen molar-refractivity contribution in [3.05, 3.63) is 124 Å². The fourth-order valence-electron chi connectivity index (χ4n) is 4.81. The van der Waals surface area contributed by atoms with Crippen LogP contribution in [0.3, 0.4) is 0 Å². The molecule has 216 valence electrons. The number of ether oxygens (including phenoxy) is 3. The van der Waals surface area contributed by atoms with Gasteiger partial charge < -0.3 is 14.2 Å². The summed E-state index contributed by atoms with van der Waals surface area (Å²) in [7, 11) is 1.34. The minimum Gasteiger partial charge on any atom is -0.490 e. The zero-order valence-electron chi connectivity index (χ0n) is 23.2. The van der Waals surface area contributed by atoms with Crippen molar-refractivity contribution in [3.8, 4) is 11.5 Å². The monoisotopic (exact) mass is 666 g/mol. The first-order valence-corrected chi connectivity index (χ1v) is 15.4. The van der Waals surface area contributed by atoms with Gasteiger partial charge in [-0.2, -0.15) is 0 Å². The molecule has 1 aliphatic heterocycles. The number of hydrogen-bond donors (Lipinski definition) is 0. The lowest BCUT2D eigenvalue weighted by atomic mass is 9.95. The van der Waals surface area contributed by atoms with Crippen molar-refractivity contribution in [2.24, 2.45) is 4.99 Å². The SMILES string of the molecule is CCOc1cc(/C=c2/sc3n(c2=O)[C@@H](c2ccccc2)C(C(=O)OC)=C(CC)N=3)cc(Br)c1OCc1ccccc1Cl. The Morgan fingerprint density at radius 1 is 1.10 bits per heavy atom. The third-order valence-corrected chi connectivity index (χ3v) is 8.67. The number of carbonyl (C=O) groups is 1. The van der Waals surface area contributed by atoms with Gasteiger partial charge in [-0.1, -0.05) is 78.4 Å². The Morgan fingerprint density at radius 3 is 2.52 bits per heavy atom. The van der Waals surface area contributed by atoms with E-state index < -0.39 is 12.0 Å². The molecule has 0 N–H and O–H groups in total. The Balaban J connectivity index is 1.60. The first-order valence-electron chi connectivity index (χ1n) is 13.4. The molecule has 1 aliphatic rings. The summed E-state index contributed by atoms with van der Waals surface area (Å²) in [5.41, 5.74) is 3.10. The number of methoxy groups -OCH3 is 1. The van der Waals surface area contributed by atoms with Crippen LogP contribution in [0, 0.1) is 0 Å². The summed E-state index contributed by atoms with van der Waals surface area (Å²) in [6.45, 7) is 4.51. The molecule has 42 heavy (non-hydrogen) atoms. The van der Waals surface area contributed by atoms with E-state index in [1.807, 2.05) is 80.6 Å². The van der Waals surface area contributed by atoms with Crippen LogP contribution in [0.2, 0.25) is 5.02 Å². The lowest BCUT2D eigenvalue weighted by Crippen LogP contribution is -2.40. The van der Waals surface area contributed by atoms with Crippen molar-refractivity contribution >= 4 is 50.9 Å². The molecule has 1 atom stereocenters. The zero-order chi connectivity index (χ0) is 29.8. The molecule has 5 rings (SSSR count). The Hall–Kier alpha value is -3.66. The molecule has 0 saturated heterocycles. The molecule has 0 aliphatic carbocycles. The molecule has 1 aromatic heterocycles. The van der Waals surface area contributed by atoms with E-state index in [0.29, 0.717) is 54.6 Å². The quantitative estimate of drug-likeness (QED) is 0.199. The maximum atomic E-state index is 13.9. The van der Waals surface area contributed by atoms with Crippen molar-refractivity contribution in [1.82, 2.24) is 4.57 Å². The van der Waals surface area contributed by atoms with Crippen LogP contribution in [-0.4, -0.2) is 24.3 Å². The minimum absolute atomic E-state index is 0.253. The van der Waals surface area contributed by atoms with Crippen LogP contribution in [0.15, 0.2) is 92.3 Å². The number of aromatic nitrogens is 1. The summed E-state index contributed by atoms with van der Waals surface area (Å²) in [4.78, 5) is 32.2. The number of nitrogens with zero attached hydrogens (tertiary/aromatic N) is 2. The first kappa shape index (κ1) is 29.8. The van der Waals surface area contributed by atoms with Crippen LogP contribution in [0.5, 0.6) is 11.5 Å². The van der Waals surface area contributed by atoms with E-state index in [1.165, 1.54) is 18.4 Å². The molecule has 0 unspecified atom stereocenters. The van der Waals surface area contributed by atoms with E-state index in [9.17, 15) is 9.59 Å². The molecule has 3 aromatic carbocycles. The number of rotatable bonds is 9. The number of benzene rings is 3. The number of carbonyl (C=O) groups excluding carboxylic acids is 1. The smallest absolute Gasteiger partial charge is 0.338 e. The molecule has 10 heteroatoms. The molecule has 4 aromatic rings. The van der Waals surface area contributed by atoms with Gasteiger partial charge in [0.1, 0.15) is 6.61 Å². The summed E-state index contributed by atoms with van der Waals surface area (Å²) in [5, 5.41) is 0.619. The molecular formula is C32H28BrClN2O5S. The third-order valence-electron chi connectivity index (χ3n) is 6.72. The Kier molecular flexibility index (Phi) is 9.30. The summed E-state index contributed by atoms with van der Waals surface area (Å²) >= 11 is 11.2. The molecule has 0 saturated carbocycles. The van der Waals surface area contributed by atoms with Crippen LogP contribution in [0.25, 0.3) is 6.08 Å².